The number of esters is 1. The molecule has 4 nitrogen and oxygen atoms in total. The van der Waals surface area contributed by atoms with Crippen molar-refractivity contribution in [3.63, 3.8) is 0 Å². The van der Waals surface area contributed by atoms with E-state index in [-0.39, 0.29) is 12.1 Å². The summed E-state index contributed by atoms with van der Waals surface area (Å²) in [4.78, 5) is 15.5. The molecule has 4 heteroatoms. The van der Waals surface area contributed by atoms with Crippen LogP contribution in [0.5, 0.6) is 0 Å². The van der Waals surface area contributed by atoms with Crippen LogP contribution < -0.4 is 5.73 Å². The number of nitrogen functional groups attached to an aromatic ring is 1. The molecule has 0 aliphatic heterocycles. The van der Waals surface area contributed by atoms with Crippen LogP contribution >= 0.6 is 0 Å². The molecular weight excluding hydrogens is 204 g/mol. The summed E-state index contributed by atoms with van der Waals surface area (Å²) in [5.74, 6) is 0.485. The summed E-state index contributed by atoms with van der Waals surface area (Å²) < 4.78 is 5.28. The summed E-state index contributed by atoms with van der Waals surface area (Å²) in [6, 6.07) is 3.12. The van der Waals surface area contributed by atoms with Crippen molar-refractivity contribution in [3.05, 3.63) is 23.9 Å². The monoisotopic (exact) mass is 222 g/mol. The molecule has 0 aliphatic rings. The van der Waals surface area contributed by atoms with Crippen molar-refractivity contribution < 1.29 is 9.53 Å². The molecule has 0 saturated heterocycles. The second kappa shape index (κ2) is 5.49. The van der Waals surface area contributed by atoms with E-state index < -0.39 is 0 Å². The predicted octanol–water partition coefficient (Wildman–Crippen LogP) is 2.26. The number of carbonyl (C=O) groups excluding carboxylic acids is 1. The van der Waals surface area contributed by atoms with E-state index >= 15 is 0 Å². The number of carbonyl (C=O) groups is 1. The van der Waals surface area contributed by atoms with Gasteiger partial charge in [-0.15, -0.1) is 0 Å². The van der Waals surface area contributed by atoms with Gasteiger partial charge in [0.25, 0.3) is 0 Å². The molecule has 0 radical (unpaired) electrons. The third-order valence-corrected chi connectivity index (χ3v) is 2.13. The van der Waals surface area contributed by atoms with Crippen LogP contribution in [0.4, 0.5) is 5.82 Å². The molecule has 0 aliphatic carbocycles. The van der Waals surface area contributed by atoms with Crippen LogP contribution in [0.2, 0.25) is 0 Å². The maximum atomic E-state index is 11.7. The van der Waals surface area contributed by atoms with Crippen LogP contribution in [0.15, 0.2) is 18.3 Å². The van der Waals surface area contributed by atoms with E-state index in [1.54, 1.807) is 6.07 Å². The third kappa shape index (κ3) is 3.88. The maximum Gasteiger partial charge on any atom is 0.338 e. The van der Waals surface area contributed by atoms with Crippen molar-refractivity contribution in [2.45, 2.75) is 33.3 Å². The van der Waals surface area contributed by atoms with Crippen molar-refractivity contribution in [1.29, 1.82) is 0 Å². The SMILES string of the molecule is CC(C)CC(C)OC(=O)c1ccnc(N)c1. The minimum Gasteiger partial charge on any atom is -0.459 e. The van der Waals surface area contributed by atoms with E-state index in [1.807, 2.05) is 6.92 Å². The van der Waals surface area contributed by atoms with Gasteiger partial charge < -0.3 is 10.5 Å². The molecule has 1 unspecified atom stereocenters. The average Bonchev–Trinajstić information content (AvgIpc) is 2.16. The van der Waals surface area contributed by atoms with Crippen LogP contribution in [0.1, 0.15) is 37.6 Å². The van der Waals surface area contributed by atoms with Crippen LogP contribution in [-0.4, -0.2) is 17.1 Å². The molecule has 1 atom stereocenters. The van der Waals surface area contributed by atoms with Gasteiger partial charge in [-0.3, -0.25) is 0 Å². The number of anilines is 1. The fraction of sp³-hybridized carbons (Fsp3) is 0.500. The van der Waals surface area contributed by atoms with Gasteiger partial charge in [-0.25, -0.2) is 9.78 Å². The highest BCUT2D eigenvalue weighted by atomic mass is 16.5. The number of hydrogen-bond donors (Lipinski definition) is 1. The number of nitrogens with two attached hydrogens (primary N) is 1. The Kier molecular flexibility index (Phi) is 4.28. The first-order chi connectivity index (χ1) is 7.49. The first-order valence-electron chi connectivity index (χ1n) is 5.41. The standard InChI is InChI=1S/C12H18N2O2/c1-8(2)6-9(3)16-12(15)10-4-5-14-11(13)7-10/h4-5,7-9H,6H2,1-3H3,(H2,13,14). The quantitative estimate of drug-likeness (QED) is 0.793. The topological polar surface area (TPSA) is 65.2 Å². The second-order valence-electron chi connectivity index (χ2n) is 4.31. The molecule has 0 bridgehead atoms. The Bertz CT molecular complexity index is 364. The lowest BCUT2D eigenvalue weighted by Gasteiger charge is -2.15. The summed E-state index contributed by atoms with van der Waals surface area (Å²) >= 11 is 0. The van der Waals surface area contributed by atoms with Crippen LogP contribution in [-0.2, 0) is 4.74 Å². The van der Waals surface area contributed by atoms with Crippen LogP contribution in [0, 0.1) is 5.92 Å². The molecule has 0 saturated carbocycles. The van der Waals surface area contributed by atoms with Gasteiger partial charge in [0.1, 0.15) is 5.82 Å². The van der Waals surface area contributed by atoms with E-state index in [0.717, 1.165) is 6.42 Å². The molecule has 88 valence electrons. The normalized spacial score (nSPS) is 12.5. The van der Waals surface area contributed by atoms with Gasteiger partial charge in [0.05, 0.1) is 11.7 Å². The fourth-order valence-corrected chi connectivity index (χ4v) is 1.54. The van der Waals surface area contributed by atoms with Gasteiger partial charge in [-0.1, -0.05) is 13.8 Å². The summed E-state index contributed by atoms with van der Waals surface area (Å²) in [5.41, 5.74) is 5.94. The Hall–Kier alpha value is -1.58. The average molecular weight is 222 g/mol. The highest BCUT2D eigenvalue weighted by Gasteiger charge is 2.13. The van der Waals surface area contributed by atoms with Crippen LogP contribution in [0.25, 0.3) is 0 Å². The summed E-state index contributed by atoms with van der Waals surface area (Å²) in [6.45, 7) is 6.08. The molecule has 0 amide bonds. The lowest BCUT2D eigenvalue weighted by Crippen LogP contribution is -2.17. The van der Waals surface area contributed by atoms with E-state index in [9.17, 15) is 4.79 Å². The van der Waals surface area contributed by atoms with Crippen molar-refractivity contribution in [2.75, 3.05) is 5.73 Å². The molecular formula is C12H18N2O2. The summed E-state index contributed by atoms with van der Waals surface area (Å²) in [5, 5.41) is 0. The maximum absolute atomic E-state index is 11.7. The number of nitrogens with zero attached hydrogens (tertiary/aromatic N) is 1. The first-order valence-corrected chi connectivity index (χ1v) is 5.41. The minimum atomic E-state index is -0.345. The van der Waals surface area contributed by atoms with Crippen molar-refractivity contribution >= 4 is 11.8 Å². The van der Waals surface area contributed by atoms with Gasteiger partial charge in [-0.2, -0.15) is 0 Å². The number of ether oxygens (including phenoxy) is 1. The number of aromatic nitrogens is 1. The van der Waals surface area contributed by atoms with Gasteiger partial charge in [-0.05, 0) is 31.4 Å². The van der Waals surface area contributed by atoms with E-state index in [1.165, 1.54) is 12.3 Å². The zero-order valence-corrected chi connectivity index (χ0v) is 9.93. The lowest BCUT2D eigenvalue weighted by atomic mass is 10.1. The fourth-order valence-electron chi connectivity index (χ4n) is 1.54. The van der Waals surface area contributed by atoms with E-state index in [0.29, 0.717) is 17.3 Å². The Labute approximate surface area is 95.8 Å². The van der Waals surface area contributed by atoms with E-state index in [2.05, 4.69) is 18.8 Å². The van der Waals surface area contributed by atoms with Gasteiger partial charge >= 0.3 is 5.97 Å². The van der Waals surface area contributed by atoms with Crippen molar-refractivity contribution in [2.24, 2.45) is 5.92 Å². The summed E-state index contributed by atoms with van der Waals surface area (Å²) in [7, 11) is 0. The smallest absolute Gasteiger partial charge is 0.338 e. The molecule has 0 aromatic carbocycles. The third-order valence-electron chi connectivity index (χ3n) is 2.13. The van der Waals surface area contributed by atoms with Crippen LogP contribution in [0.3, 0.4) is 0 Å². The molecule has 1 aromatic heterocycles. The zero-order valence-electron chi connectivity index (χ0n) is 9.93. The van der Waals surface area contributed by atoms with Crippen molar-refractivity contribution in [3.8, 4) is 0 Å². The largest absolute Gasteiger partial charge is 0.459 e. The first kappa shape index (κ1) is 12.5. The predicted molar refractivity (Wildman–Crippen MR) is 63.0 cm³/mol. The number of pyridine rings is 1. The Balaban J connectivity index is 2.59. The molecule has 2 N–H and O–H groups in total. The zero-order chi connectivity index (χ0) is 12.1. The molecule has 1 heterocycles. The second-order valence-corrected chi connectivity index (χ2v) is 4.31. The lowest BCUT2D eigenvalue weighted by molar-refractivity contribution is 0.0299. The molecule has 16 heavy (non-hydrogen) atoms. The molecule has 0 fully saturated rings. The Morgan fingerprint density at radius 1 is 1.50 bits per heavy atom. The highest BCUT2D eigenvalue weighted by Crippen LogP contribution is 2.11. The van der Waals surface area contributed by atoms with Crippen molar-refractivity contribution in [1.82, 2.24) is 4.98 Å². The number of rotatable bonds is 4. The molecule has 1 aromatic rings. The minimum absolute atomic E-state index is 0.0816. The summed E-state index contributed by atoms with van der Waals surface area (Å²) in [6.07, 6.45) is 2.27. The van der Waals surface area contributed by atoms with Gasteiger partial charge in [0.2, 0.25) is 0 Å². The number of hydrogen-bond acceptors (Lipinski definition) is 4. The van der Waals surface area contributed by atoms with E-state index in [4.69, 9.17) is 10.5 Å². The Morgan fingerprint density at radius 3 is 2.75 bits per heavy atom. The highest BCUT2D eigenvalue weighted by molar-refractivity contribution is 5.90. The Morgan fingerprint density at radius 2 is 2.19 bits per heavy atom. The van der Waals surface area contributed by atoms with Gasteiger partial charge in [0.15, 0.2) is 0 Å². The van der Waals surface area contributed by atoms with Gasteiger partial charge in [0, 0.05) is 6.20 Å². The molecule has 0 spiro atoms. The molecule has 1 rings (SSSR count).